The zero-order valence-electron chi connectivity index (χ0n) is 8.47. The van der Waals surface area contributed by atoms with Gasteiger partial charge >= 0.3 is 0 Å². The highest BCUT2D eigenvalue weighted by molar-refractivity contribution is 5.74. The molecule has 0 aromatic carbocycles. The fraction of sp³-hybridized carbons (Fsp3) is 0.889. The van der Waals surface area contributed by atoms with Gasteiger partial charge in [0.2, 0.25) is 5.91 Å². The molecule has 0 aliphatic rings. The summed E-state index contributed by atoms with van der Waals surface area (Å²) < 4.78 is 4.60. The summed E-state index contributed by atoms with van der Waals surface area (Å²) in [5, 5.41) is 0. The predicted octanol–water partition coefficient (Wildman–Crippen LogP) is 1.61. The molecule has 0 saturated heterocycles. The van der Waals surface area contributed by atoms with Crippen molar-refractivity contribution in [1.82, 2.24) is 5.48 Å². The minimum Gasteiger partial charge on any atom is -0.356 e. The molecular formula is C9H19NO3. The van der Waals surface area contributed by atoms with E-state index in [9.17, 15) is 4.79 Å². The molecule has 1 N–H and O–H groups in total. The van der Waals surface area contributed by atoms with Gasteiger partial charge in [-0.2, -0.15) is 0 Å². The van der Waals surface area contributed by atoms with E-state index in [0.717, 1.165) is 12.8 Å². The number of ether oxygens (including phenoxy) is 1. The molecule has 4 nitrogen and oxygen atoms in total. The molecule has 78 valence electrons. The number of methoxy groups -OCH3 is 1. The normalized spacial score (nSPS) is 10.0. The molecule has 0 atom stereocenters. The summed E-state index contributed by atoms with van der Waals surface area (Å²) in [5.41, 5.74) is 2.30. The monoisotopic (exact) mass is 189 g/mol. The van der Waals surface area contributed by atoms with Gasteiger partial charge in [0, 0.05) is 13.5 Å². The number of unbranched alkanes of at least 4 members (excludes halogenated alkanes) is 3. The molecule has 0 aliphatic carbocycles. The Hall–Kier alpha value is -0.610. The number of nitrogens with one attached hydrogen (secondary N) is 1. The standard InChI is InChI=1S/C9H19NO3/c1-3-4-5-6-7-9(11)10-13-8-12-2/h3-8H2,1-2H3,(H,10,11). The molecule has 0 spiro atoms. The quantitative estimate of drug-likeness (QED) is 0.358. The molecule has 13 heavy (non-hydrogen) atoms. The summed E-state index contributed by atoms with van der Waals surface area (Å²) in [4.78, 5) is 15.7. The molecule has 0 bridgehead atoms. The number of rotatable bonds is 8. The molecule has 0 fully saturated rings. The lowest BCUT2D eigenvalue weighted by molar-refractivity contribution is -0.144. The number of carbonyl (C=O) groups is 1. The fourth-order valence-corrected chi connectivity index (χ4v) is 0.932. The Bertz CT molecular complexity index is 128. The Morgan fingerprint density at radius 3 is 2.69 bits per heavy atom. The van der Waals surface area contributed by atoms with Crippen LogP contribution in [0.2, 0.25) is 0 Å². The van der Waals surface area contributed by atoms with Crippen molar-refractivity contribution in [1.29, 1.82) is 0 Å². The average Bonchev–Trinajstić information content (AvgIpc) is 2.13. The van der Waals surface area contributed by atoms with Crippen molar-refractivity contribution < 1.29 is 14.4 Å². The molecule has 0 aliphatic heterocycles. The van der Waals surface area contributed by atoms with Gasteiger partial charge in [-0.15, -0.1) is 0 Å². The van der Waals surface area contributed by atoms with Gasteiger partial charge < -0.3 is 4.74 Å². The van der Waals surface area contributed by atoms with Gasteiger partial charge in [0.05, 0.1) is 0 Å². The predicted molar refractivity (Wildman–Crippen MR) is 49.9 cm³/mol. The highest BCUT2D eigenvalue weighted by atomic mass is 16.8. The van der Waals surface area contributed by atoms with Crippen LogP contribution in [-0.4, -0.2) is 19.8 Å². The lowest BCUT2D eigenvalue weighted by Gasteiger charge is -2.03. The first-order valence-corrected chi connectivity index (χ1v) is 4.70. The summed E-state index contributed by atoms with van der Waals surface area (Å²) in [7, 11) is 1.51. The van der Waals surface area contributed by atoms with Crippen molar-refractivity contribution in [3.63, 3.8) is 0 Å². The molecule has 0 rings (SSSR count). The van der Waals surface area contributed by atoms with E-state index in [2.05, 4.69) is 22.0 Å². The van der Waals surface area contributed by atoms with Gasteiger partial charge in [-0.05, 0) is 6.42 Å². The highest BCUT2D eigenvalue weighted by Crippen LogP contribution is 2.01. The van der Waals surface area contributed by atoms with E-state index < -0.39 is 0 Å². The SMILES string of the molecule is CCCCCCC(=O)NOCOC. The van der Waals surface area contributed by atoms with E-state index >= 15 is 0 Å². The second-order valence-corrected chi connectivity index (χ2v) is 2.89. The van der Waals surface area contributed by atoms with Gasteiger partial charge in [0.25, 0.3) is 0 Å². The van der Waals surface area contributed by atoms with Gasteiger partial charge in [0.15, 0.2) is 6.79 Å². The van der Waals surface area contributed by atoms with Crippen molar-refractivity contribution in [3.05, 3.63) is 0 Å². The zero-order valence-corrected chi connectivity index (χ0v) is 8.47. The maximum atomic E-state index is 11.0. The fourth-order valence-electron chi connectivity index (χ4n) is 0.932. The molecule has 1 amide bonds. The third-order valence-corrected chi connectivity index (χ3v) is 1.62. The Balaban J connectivity index is 3.11. The first kappa shape index (κ1) is 12.4. The van der Waals surface area contributed by atoms with Crippen LogP contribution in [0.25, 0.3) is 0 Å². The number of hydroxylamine groups is 1. The van der Waals surface area contributed by atoms with Crippen molar-refractivity contribution >= 4 is 5.91 Å². The van der Waals surface area contributed by atoms with Crippen LogP contribution in [-0.2, 0) is 14.4 Å². The first-order chi connectivity index (χ1) is 6.31. The van der Waals surface area contributed by atoms with E-state index in [1.54, 1.807) is 0 Å². The van der Waals surface area contributed by atoms with E-state index in [4.69, 9.17) is 0 Å². The van der Waals surface area contributed by atoms with Crippen LogP contribution in [0.5, 0.6) is 0 Å². The van der Waals surface area contributed by atoms with Crippen LogP contribution >= 0.6 is 0 Å². The van der Waals surface area contributed by atoms with Crippen LogP contribution in [0.4, 0.5) is 0 Å². The molecular weight excluding hydrogens is 170 g/mol. The van der Waals surface area contributed by atoms with E-state index in [1.165, 1.54) is 20.0 Å². The lowest BCUT2D eigenvalue weighted by atomic mass is 10.1. The molecule has 0 aromatic rings. The molecule has 0 aromatic heterocycles. The second-order valence-electron chi connectivity index (χ2n) is 2.89. The summed E-state index contributed by atoms with van der Waals surface area (Å²) in [6.45, 7) is 2.24. The molecule has 0 radical (unpaired) electrons. The minimum atomic E-state index is -0.0758. The molecule has 0 unspecified atom stereocenters. The van der Waals surface area contributed by atoms with Gasteiger partial charge in [-0.1, -0.05) is 26.2 Å². The van der Waals surface area contributed by atoms with Crippen molar-refractivity contribution in [2.24, 2.45) is 0 Å². The van der Waals surface area contributed by atoms with Crippen molar-refractivity contribution in [2.75, 3.05) is 13.9 Å². The minimum absolute atomic E-state index is 0.0758. The van der Waals surface area contributed by atoms with Crippen LogP contribution in [0.3, 0.4) is 0 Å². The molecule has 4 heteroatoms. The van der Waals surface area contributed by atoms with Gasteiger partial charge in [-0.25, -0.2) is 10.3 Å². The maximum Gasteiger partial charge on any atom is 0.243 e. The summed E-state index contributed by atoms with van der Waals surface area (Å²) >= 11 is 0. The van der Waals surface area contributed by atoms with Gasteiger partial charge in [0.1, 0.15) is 0 Å². The Morgan fingerprint density at radius 1 is 1.31 bits per heavy atom. The zero-order chi connectivity index (χ0) is 9.94. The third kappa shape index (κ3) is 9.30. The van der Waals surface area contributed by atoms with Gasteiger partial charge in [-0.3, -0.25) is 4.79 Å². The van der Waals surface area contributed by atoms with E-state index in [-0.39, 0.29) is 12.7 Å². The lowest BCUT2D eigenvalue weighted by Crippen LogP contribution is -2.24. The summed E-state index contributed by atoms with van der Waals surface area (Å²) in [6.07, 6.45) is 4.93. The Kier molecular flexibility index (Phi) is 9.03. The van der Waals surface area contributed by atoms with Crippen molar-refractivity contribution in [3.8, 4) is 0 Å². The highest BCUT2D eigenvalue weighted by Gasteiger charge is 1.99. The van der Waals surface area contributed by atoms with E-state index in [0.29, 0.717) is 6.42 Å². The summed E-state index contributed by atoms with van der Waals surface area (Å²) in [6, 6.07) is 0. The van der Waals surface area contributed by atoms with Crippen molar-refractivity contribution in [2.45, 2.75) is 39.0 Å². The Morgan fingerprint density at radius 2 is 2.08 bits per heavy atom. The average molecular weight is 189 g/mol. The third-order valence-electron chi connectivity index (χ3n) is 1.62. The van der Waals surface area contributed by atoms with Crippen LogP contribution in [0.1, 0.15) is 39.0 Å². The first-order valence-electron chi connectivity index (χ1n) is 4.70. The second kappa shape index (κ2) is 9.48. The largest absolute Gasteiger partial charge is 0.356 e. The number of hydrogen-bond donors (Lipinski definition) is 1. The van der Waals surface area contributed by atoms with Crippen LogP contribution in [0, 0.1) is 0 Å². The van der Waals surface area contributed by atoms with E-state index in [1.807, 2.05) is 0 Å². The molecule has 0 saturated carbocycles. The number of hydrogen-bond acceptors (Lipinski definition) is 3. The number of amides is 1. The number of carbonyl (C=O) groups excluding carboxylic acids is 1. The van der Waals surface area contributed by atoms with Crippen LogP contribution < -0.4 is 5.48 Å². The smallest absolute Gasteiger partial charge is 0.243 e. The topological polar surface area (TPSA) is 47.6 Å². The maximum absolute atomic E-state index is 11.0. The van der Waals surface area contributed by atoms with Crippen LogP contribution in [0.15, 0.2) is 0 Å². The molecule has 0 heterocycles. The summed E-state index contributed by atoms with van der Waals surface area (Å²) in [5.74, 6) is -0.0758. The Labute approximate surface area is 79.6 Å².